The first-order valence-electron chi connectivity index (χ1n) is 8.85. The minimum Gasteiger partial charge on any atom is -0.461 e. The Hall–Kier alpha value is -3.07. The lowest BCUT2D eigenvalue weighted by molar-refractivity contribution is -0.143. The summed E-state index contributed by atoms with van der Waals surface area (Å²) in [4.78, 5) is 19.7. The number of hydrogen-bond donors (Lipinski definition) is 2. The third kappa shape index (κ3) is 5.23. The minimum atomic E-state index is -0.687. The van der Waals surface area contributed by atoms with E-state index in [0.717, 1.165) is 19.4 Å². The molecule has 1 atom stereocenters. The van der Waals surface area contributed by atoms with Gasteiger partial charge in [-0.05, 0) is 12.8 Å². The Balaban J connectivity index is 1.64. The molecule has 2 aromatic rings. The predicted molar refractivity (Wildman–Crippen MR) is 98.2 cm³/mol. The van der Waals surface area contributed by atoms with Crippen LogP contribution in [-0.4, -0.2) is 41.1 Å². The van der Waals surface area contributed by atoms with E-state index in [1.165, 1.54) is 18.5 Å². The van der Waals surface area contributed by atoms with Crippen LogP contribution in [0.1, 0.15) is 24.8 Å². The largest absolute Gasteiger partial charge is 0.461 e. The smallest absolute Gasteiger partial charge is 0.316 e. The first kappa shape index (κ1) is 19.7. The summed E-state index contributed by atoms with van der Waals surface area (Å²) in [7, 11) is 0. The third-order valence-corrected chi connectivity index (χ3v) is 4.16. The van der Waals surface area contributed by atoms with Gasteiger partial charge in [0.05, 0.1) is 6.10 Å². The zero-order chi connectivity index (χ0) is 19.9. The Bertz CT molecular complexity index is 838. The lowest BCUT2D eigenvalue weighted by Gasteiger charge is -2.11. The average molecular weight is 388 g/mol. The van der Waals surface area contributed by atoms with Gasteiger partial charge in [-0.3, -0.25) is 10.2 Å². The predicted octanol–water partition coefficient (Wildman–Crippen LogP) is 2.21. The topological polar surface area (TPSA) is 120 Å². The molecule has 1 unspecified atom stereocenters. The number of halogens is 1. The van der Waals surface area contributed by atoms with Gasteiger partial charge in [0.1, 0.15) is 31.3 Å². The van der Waals surface area contributed by atoms with E-state index in [1.807, 2.05) is 0 Å². The highest BCUT2D eigenvalue weighted by molar-refractivity contribution is 5.94. The summed E-state index contributed by atoms with van der Waals surface area (Å²) >= 11 is 0. The Morgan fingerprint density at radius 3 is 2.82 bits per heavy atom. The molecule has 2 heterocycles. The van der Waals surface area contributed by atoms with E-state index in [9.17, 15) is 9.18 Å². The molecule has 0 radical (unpaired) electrons. The molecule has 1 aromatic carbocycles. The molecule has 1 saturated heterocycles. The minimum absolute atomic E-state index is 0.0584. The molecule has 0 amide bonds. The Morgan fingerprint density at radius 1 is 1.36 bits per heavy atom. The monoisotopic (exact) mass is 388 g/mol. The van der Waals surface area contributed by atoms with Gasteiger partial charge in [-0.25, -0.2) is 14.4 Å². The van der Waals surface area contributed by atoms with Crippen LogP contribution in [0.4, 0.5) is 4.39 Å². The quantitative estimate of drug-likeness (QED) is 0.404. The van der Waals surface area contributed by atoms with E-state index in [0.29, 0.717) is 12.2 Å². The normalized spacial score (nSPS) is 16.0. The third-order valence-electron chi connectivity index (χ3n) is 4.16. The molecule has 1 aliphatic rings. The van der Waals surface area contributed by atoms with Crippen molar-refractivity contribution in [1.82, 2.24) is 9.97 Å². The second kappa shape index (κ2) is 9.23. The highest BCUT2D eigenvalue weighted by Crippen LogP contribution is 2.25. The number of nitrogens with zero attached hydrogens (tertiary/aromatic N) is 2. The Labute approximate surface area is 161 Å². The molecule has 8 nitrogen and oxygen atoms in total. The maximum Gasteiger partial charge on any atom is 0.316 e. The van der Waals surface area contributed by atoms with Crippen molar-refractivity contribution in [3.8, 4) is 17.1 Å². The van der Waals surface area contributed by atoms with Crippen molar-refractivity contribution in [2.75, 3.05) is 13.2 Å². The Morgan fingerprint density at radius 2 is 2.14 bits per heavy atom. The number of aromatic nitrogens is 2. The van der Waals surface area contributed by atoms with Crippen molar-refractivity contribution < 1.29 is 23.4 Å². The van der Waals surface area contributed by atoms with Crippen molar-refractivity contribution in [1.29, 1.82) is 5.41 Å². The fraction of sp³-hybridized carbons (Fsp3) is 0.368. The Kier molecular flexibility index (Phi) is 6.49. The van der Waals surface area contributed by atoms with Gasteiger partial charge in [0.15, 0.2) is 0 Å². The van der Waals surface area contributed by atoms with Gasteiger partial charge >= 0.3 is 12.0 Å². The highest BCUT2D eigenvalue weighted by atomic mass is 19.1. The summed E-state index contributed by atoms with van der Waals surface area (Å²) in [5, 5.41) is 7.06. The van der Waals surface area contributed by atoms with Crippen molar-refractivity contribution in [2.45, 2.75) is 32.0 Å². The number of esters is 1. The molecule has 3 N–H and O–H groups in total. The maximum atomic E-state index is 14.8. The molecule has 0 aliphatic carbocycles. The summed E-state index contributed by atoms with van der Waals surface area (Å²) in [6.07, 6.45) is 4.65. The van der Waals surface area contributed by atoms with Gasteiger partial charge in [0, 0.05) is 35.7 Å². The zero-order valence-corrected chi connectivity index (χ0v) is 15.2. The zero-order valence-electron chi connectivity index (χ0n) is 15.2. The number of amidine groups is 1. The van der Waals surface area contributed by atoms with Crippen molar-refractivity contribution in [3.05, 3.63) is 42.0 Å². The fourth-order valence-corrected chi connectivity index (χ4v) is 2.75. The standard InChI is InChI=1S/C19H21FN4O4/c20-18-12(10-27-17(25)7-16(21)22)3-1-5-15(18)13-8-23-19(24-9-13)28-11-14-4-2-6-26-14/h1,3,5,8-9,14H,2,4,6-7,10-11H2,(H3,21,22). The number of rotatable bonds is 8. The van der Waals surface area contributed by atoms with Gasteiger partial charge in [0.25, 0.3) is 0 Å². The molecule has 0 bridgehead atoms. The van der Waals surface area contributed by atoms with E-state index in [-0.39, 0.29) is 42.1 Å². The number of carbonyl (C=O) groups is 1. The SMILES string of the molecule is N=C(N)CC(=O)OCc1cccc(-c2cnc(OCC3CCCO3)nc2)c1F. The van der Waals surface area contributed by atoms with Crippen LogP contribution in [0.2, 0.25) is 0 Å². The number of nitrogens with two attached hydrogens (primary N) is 1. The summed E-state index contributed by atoms with van der Waals surface area (Å²) in [5.74, 6) is -1.53. The molecular formula is C19H21FN4O4. The summed E-state index contributed by atoms with van der Waals surface area (Å²) in [6, 6.07) is 4.95. The van der Waals surface area contributed by atoms with Crippen LogP contribution in [0.15, 0.2) is 30.6 Å². The van der Waals surface area contributed by atoms with E-state index in [1.54, 1.807) is 12.1 Å². The van der Waals surface area contributed by atoms with Gasteiger partial charge in [0.2, 0.25) is 0 Å². The molecule has 28 heavy (non-hydrogen) atoms. The highest BCUT2D eigenvalue weighted by Gasteiger charge is 2.17. The van der Waals surface area contributed by atoms with Crippen molar-refractivity contribution in [3.63, 3.8) is 0 Å². The molecule has 0 spiro atoms. The van der Waals surface area contributed by atoms with E-state index in [4.69, 9.17) is 25.4 Å². The van der Waals surface area contributed by atoms with Gasteiger partial charge in [-0.1, -0.05) is 18.2 Å². The van der Waals surface area contributed by atoms with Gasteiger partial charge < -0.3 is 19.9 Å². The van der Waals surface area contributed by atoms with E-state index >= 15 is 0 Å². The molecule has 9 heteroatoms. The molecule has 1 fully saturated rings. The molecule has 148 valence electrons. The van der Waals surface area contributed by atoms with E-state index in [2.05, 4.69) is 9.97 Å². The first-order valence-corrected chi connectivity index (χ1v) is 8.85. The number of benzene rings is 1. The number of nitrogens with one attached hydrogen (secondary N) is 1. The summed E-state index contributed by atoms with van der Waals surface area (Å²) in [5.41, 5.74) is 6.09. The lowest BCUT2D eigenvalue weighted by Crippen LogP contribution is -2.17. The van der Waals surface area contributed by atoms with Crippen LogP contribution >= 0.6 is 0 Å². The van der Waals surface area contributed by atoms with Gasteiger partial charge in [-0.2, -0.15) is 0 Å². The summed E-state index contributed by atoms with van der Waals surface area (Å²) in [6.45, 7) is 0.873. The molecule has 3 rings (SSSR count). The van der Waals surface area contributed by atoms with Gasteiger partial charge in [-0.15, -0.1) is 0 Å². The fourth-order valence-electron chi connectivity index (χ4n) is 2.75. The molecule has 0 saturated carbocycles. The average Bonchev–Trinajstić information content (AvgIpc) is 3.19. The van der Waals surface area contributed by atoms with Crippen LogP contribution in [0.3, 0.4) is 0 Å². The van der Waals surface area contributed by atoms with Crippen LogP contribution in [-0.2, 0) is 20.9 Å². The summed E-state index contributed by atoms with van der Waals surface area (Å²) < 4.78 is 30.7. The van der Waals surface area contributed by atoms with Crippen LogP contribution < -0.4 is 10.5 Å². The molecular weight excluding hydrogens is 367 g/mol. The number of hydrogen-bond acceptors (Lipinski definition) is 7. The first-order chi connectivity index (χ1) is 13.5. The second-order valence-corrected chi connectivity index (χ2v) is 6.34. The van der Waals surface area contributed by atoms with Crippen molar-refractivity contribution >= 4 is 11.8 Å². The molecule has 1 aliphatic heterocycles. The van der Waals surface area contributed by atoms with Crippen molar-refractivity contribution in [2.24, 2.45) is 5.73 Å². The van der Waals surface area contributed by atoms with E-state index < -0.39 is 11.8 Å². The lowest BCUT2D eigenvalue weighted by atomic mass is 10.1. The maximum absolute atomic E-state index is 14.8. The number of ether oxygens (including phenoxy) is 3. The van der Waals surface area contributed by atoms with Crippen LogP contribution in [0.25, 0.3) is 11.1 Å². The second-order valence-electron chi connectivity index (χ2n) is 6.34. The van der Waals surface area contributed by atoms with Crippen LogP contribution in [0.5, 0.6) is 6.01 Å². The number of carbonyl (C=O) groups excluding carboxylic acids is 1. The molecule has 1 aromatic heterocycles. The van der Waals surface area contributed by atoms with Crippen LogP contribution in [0, 0.1) is 11.2 Å².